The summed E-state index contributed by atoms with van der Waals surface area (Å²) in [5, 5.41) is 12.4. The van der Waals surface area contributed by atoms with Crippen molar-refractivity contribution >= 4 is 6.29 Å². The fraction of sp³-hybridized carbons (Fsp3) is 0.182. The first-order chi connectivity index (χ1) is 8.19. The van der Waals surface area contributed by atoms with Crippen molar-refractivity contribution in [2.24, 2.45) is 5.11 Å². The Balaban J connectivity index is 2.88. The van der Waals surface area contributed by atoms with Crippen LogP contribution in [0.25, 0.3) is 10.4 Å². The number of nitrogens with zero attached hydrogens (tertiary/aromatic N) is 3. The molecule has 0 saturated carbocycles. The maximum Gasteiger partial charge on any atom is 0.166 e. The molecule has 0 saturated heterocycles. The topological polar surface area (TPSA) is 86.1 Å². The zero-order valence-corrected chi connectivity index (χ0v) is 8.72. The number of hydrogen-bond donors (Lipinski definition) is 1. The standard InChI is InChI=1S/C11H8FN3O2/c12-10-6-8(3-1-2-4-14-15-13)5-9(7-16)11(10)17/h5-7,17H,2,4H2. The van der Waals surface area contributed by atoms with Crippen LogP contribution in [-0.4, -0.2) is 17.9 Å². The number of phenolic OH excluding ortho intramolecular Hbond substituents is 1. The van der Waals surface area contributed by atoms with Crippen LogP contribution in [0.15, 0.2) is 17.2 Å². The molecule has 5 nitrogen and oxygen atoms in total. The predicted molar refractivity (Wildman–Crippen MR) is 59.0 cm³/mol. The summed E-state index contributed by atoms with van der Waals surface area (Å²) in [6.07, 6.45) is 0.687. The maximum atomic E-state index is 13.1. The average Bonchev–Trinajstić information content (AvgIpc) is 2.33. The van der Waals surface area contributed by atoms with Crippen molar-refractivity contribution in [1.29, 1.82) is 0 Å². The average molecular weight is 233 g/mol. The van der Waals surface area contributed by atoms with Crippen molar-refractivity contribution in [3.8, 4) is 17.6 Å². The number of carbonyl (C=O) groups is 1. The van der Waals surface area contributed by atoms with Gasteiger partial charge in [0, 0.05) is 23.4 Å². The summed E-state index contributed by atoms with van der Waals surface area (Å²) in [5.74, 6) is 3.68. The molecule has 0 aromatic heterocycles. The van der Waals surface area contributed by atoms with Crippen molar-refractivity contribution in [3.05, 3.63) is 39.5 Å². The third-order valence-corrected chi connectivity index (χ3v) is 1.85. The van der Waals surface area contributed by atoms with Gasteiger partial charge in [-0.1, -0.05) is 17.0 Å². The Bertz CT molecular complexity index is 540. The van der Waals surface area contributed by atoms with Crippen LogP contribution < -0.4 is 0 Å². The summed E-state index contributed by atoms with van der Waals surface area (Å²) in [6, 6.07) is 2.31. The number of hydrogen-bond acceptors (Lipinski definition) is 3. The first-order valence-electron chi connectivity index (χ1n) is 4.66. The molecule has 0 radical (unpaired) electrons. The van der Waals surface area contributed by atoms with Gasteiger partial charge < -0.3 is 5.11 Å². The SMILES string of the molecule is [N-]=[N+]=NCCC#Cc1cc(F)c(O)c(C=O)c1. The molecule has 1 aromatic rings. The number of benzene rings is 1. The number of carbonyl (C=O) groups excluding carboxylic acids is 1. The van der Waals surface area contributed by atoms with E-state index in [9.17, 15) is 9.18 Å². The van der Waals surface area contributed by atoms with Gasteiger partial charge in [0.2, 0.25) is 0 Å². The molecule has 17 heavy (non-hydrogen) atoms. The van der Waals surface area contributed by atoms with Gasteiger partial charge >= 0.3 is 0 Å². The summed E-state index contributed by atoms with van der Waals surface area (Å²) in [4.78, 5) is 13.1. The molecule has 1 N–H and O–H groups in total. The molecular formula is C11H8FN3O2. The van der Waals surface area contributed by atoms with Crippen LogP contribution in [0, 0.1) is 17.7 Å². The zero-order chi connectivity index (χ0) is 12.7. The van der Waals surface area contributed by atoms with Crippen molar-refractivity contribution in [2.75, 3.05) is 6.54 Å². The normalized spacial score (nSPS) is 8.76. The molecule has 0 spiro atoms. The Morgan fingerprint density at radius 3 is 3.00 bits per heavy atom. The van der Waals surface area contributed by atoms with Gasteiger partial charge in [0.05, 0.1) is 5.56 Å². The smallest absolute Gasteiger partial charge is 0.166 e. The third-order valence-electron chi connectivity index (χ3n) is 1.85. The van der Waals surface area contributed by atoms with E-state index >= 15 is 0 Å². The van der Waals surface area contributed by atoms with E-state index in [1.165, 1.54) is 6.07 Å². The second-order valence-corrected chi connectivity index (χ2v) is 3.02. The lowest BCUT2D eigenvalue weighted by molar-refractivity contribution is 0.112. The van der Waals surface area contributed by atoms with Gasteiger partial charge in [-0.25, -0.2) is 4.39 Å². The second kappa shape index (κ2) is 6.16. The molecule has 1 rings (SSSR count). The minimum atomic E-state index is -0.894. The van der Waals surface area contributed by atoms with Gasteiger partial charge in [-0.15, -0.1) is 0 Å². The molecule has 1 aromatic carbocycles. The molecule has 86 valence electrons. The van der Waals surface area contributed by atoms with E-state index in [1.54, 1.807) is 0 Å². The minimum Gasteiger partial charge on any atom is -0.504 e. The molecule has 0 aliphatic carbocycles. The number of aromatic hydroxyl groups is 1. The number of rotatable bonds is 3. The van der Waals surface area contributed by atoms with E-state index in [2.05, 4.69) is 21.9 Å². The quantitative estimate of drug-likeness (QED) is 0.217. The summed E-state index contributed by atoms with van der Waals surface area (Å²) in [5.41, 5.74) is 8.14. The van der Waals surface area contributed by atoms with Crippen molar-refractivity contribution in [2.45, 2.75) is 6.42 Å². The summed E-state index contributed by atoms with van der Waals surface area (Å²) in [6.45, 7) is 0.227. The maximum absolute atomic E-state index is 13.1. The molecule has 0 bridgehead atoms. The number of halogens is 1. The summed E-state index contributed by atoms with van der Waals surface area (Å²) >= 11 is 0. The summed E-state index contributed by atoms with van der Waals surface area (Å²) < 4.78 is 13.1. The monoisotopic (exact) mass is 233 g/mol. The van der Waals surface area contributed by atoms with Crippen LogP contribution in [0.3, 0.4) is 0 Å². The third kappa shape index (κ3) is 3.52. The van der Waals surface area contributed by atoms with Crippen molar-refractivity contribution in [1.82, 2.24) is 0 Å². The molecule has 0 unspecified atom stereocenters. The van der Waals surface area contributed by atoms with Crippen LogP contribution in [0.4, 0.5) is 4.39 Å². The van der Waals surface area contributed by atoms with Gasteiger partial charge in [0.1, 0.15) is 0 Å². The summed E-state index contributed by atoms with van der Waals surface area (Å²) in [7, 11) is 0. The van der Waals surface area contributed by atoms with Crippen LogP contribution in [0.5, 0.6) is 5.75 Å². The van der Waals surface area contributed by atoms with Gasteiger partial charge in [0.25, 0.3) is 0 Å². The molecule has 6 heteroatoms. The lowest BCUT2D eigenvalue weighted by atomic mass is 10.1. The molecule has 0 aliphatic rings. The molecule has 0 aliphatic heterocycles. The van der Waals surface area contributed by atoms with Gasteiger partial charge in [-0.2, -0.15) is 0 Å². The minimum absolute atomic E-state index is 0.149. The van der Waals surface area contributed by atoms with E-state index in [-0.39, 0.29) is 17.7 Å². The fourth-order valence-electron chi connectivity index (χ4n) is 1.10. The fourth-order valence-corrected chi connectivity index (χ4v) is 1.10. The Labute approximate surface area is 96.5 Å². The van der Waals surface area contributed by atoms with Gasteiger partial charge in [-0.3, -0.25) is 4.79 Å². The second-order valence-electron chi connectivity index (χ2n) is 3.02. The van der Waals surface area contributed by atoms with E-state index < -0.39 is 11.6 Å². The lowest BCUT2D eigenvalue weighted by Crippen LogP contribution is -1.88. The first-order valence-corrected chi connectivity index (χ1v) is 4.66. The van der Waals surface area contributed by atoms with Crippen molar-refractivity contribution < 1.29 is 14.3 Å². The van der Waals surface area contributed by atoms with E-state index in [4.69, 9.17) is 10.6 Å². The Hall–Kier alpha value is -2.51. The van der Waals surface area contributed by atoms with Crippen molar-refractivity contribution in [3.63, 3.8) is 0 Å². The van der Waals surface area contributed by atoms with E-state index in [1.807, 2.05) is 0 Å². The van der Waals surface area contributed by atoms with Crippen LogP contribution in [-0.2, 0) is 0 Å². The lowest BCUT2D eigenvalue weighted by Gasteiger charge is -1.99. The molecular weight excluding hydrogens is 225 g/mol. The molecule has 0 heterocycles. The number of azide groups is 1. The first kappa shape index (κ1) is 12.6. The van der Waals surface area contributed by atoms with E-state index in [0.29, 0.717) is 12.7 Å². The highest BCUT2D eigenvalue weighted by Gasteiger charge is 2.07. The van der Waals surface area contributed by atoms with Crippen LogP contribution >= 0.6 is 0 Å². The highest BCUT2D eigenvalue weighted by atomic mass is 19.1. The molecule has 0 atom stereocenters. The van der Waals surface area contributed by atoms with E-state index in [0.717, 1.165) is 6.07 Å². The Kier molecular flexibility index (Phi) is 4.55. The number of phenols is 1. The largest absolute Gasteiger partial charge is 0.504 e. The zero-order valence-electron chi connectivity index (χ0n) is 8.72. The van der Waals surface area contributed by atoms with Crippen LogP contribution in [0.1, 0.15) is 22.3 Å². The molecule has 0 fully saturated rings. The van der Waals surface area contributed by atoms with Gasteiger partial charge in [0.15, 0.2) is 17.9 Å². The Morgan fingerprint density at radius 2 is 2.35 bits per heavy atom. The number of aldehydes is 1. The van der Waals surface area contributed by atoms with Gasteiger partial charge in [-0.05, 0) is 17.7 Å². The highest BCUT2D eigenvalue weighted by molar-refractivity contribution is 5.80. The Morgan fingerprint density at radius 1 is 1.59 bits per heavy atom. The predicted octanol–water partition coefficient (Wildman–Crippen LogP) is 2.40. The van der Waals surface area contributed by atoms with Crippen LogP contribution in [0.2, 0.25) is 0 Å². The highest BCUT2D eigenvalue weighted by Crippen LogP contribution is 2.21. The molecule has 0 amide bonds.